The molecule has 0 saturated carbocycles. The third kappa shape index (κ3) is 2.82. The molecule has 2 rings (SSSR count). The maximum absolute atomic E-state index is 12.3. The van der Waals surface area contributed by atoms with Crippen LogP contribution in [0.1, 0.15) is 29.8 Å². The lowest BCUT2D eigenvalue weighted by Gasteiger charge is -2.36. The van der Waals surface area contributed by atoms with Crippen LogP contribution in [0.5, 0.6) is 0 Å². The Balaban J connectivity index is 2.14. The van der Waals surface area contributed by atoms with Crippen LogP contribution >= 0.6 is 0 Å². The zero-order valence-electron chi connectivity index (χ0n) is 10.6. The summed E-state index contributed by atoms with van der Waals surface area (Å²) >= 11 is 0. The number of aryl methyl sites for hydroxylation is 1. The van der Waals surface area contributed by atoms with Gasteiger partial charge >= 0.3 is 0 Å². The van der Waals surface area contributed by atoms with Gasteiger partial charge in [0.2, 0.25) is 0 Å². The van der Waals surface area contributed by atoms with Crippen molar-refractivity contribution in [3.8, 4) is 0 Å². The van der Waals surface area contributed by atoms with E-state index in [9.17, 15) is 4.79 Å². The van der Waals surface area contributed by atoms with Gasteiger partial charge in [-0.2, -0.15) is 0 Å². The summed E-state index contributed by atoms with van der Waals surface area (Å²) < 4.78 is 0. The second-order valence-corrected chi connectivity index (χ2v) is 4.93. The SMILES string of the molecule is Cc1cncc(C(=O)N2CC(C)NC(C)C2)c1. The fourth-order valence-electron chi connectivity index (χ4n) is 2.35. The summed E-state index contributed by atoms with van der Waals surface area (Å²) in [7, 11) is 0. The first-order chi connectivity index (χ1) is 8.06. The molecular formula is C13H19N3O. The number of nitrogens with zero attached hydrogens (tertiary/aromatic N) is 2. The Morgan fingerprint density at radius 2 is 2.00 bits per heavy atom. The highest BCUT2D eigenvalue weighted by Crippen LogP contribution is 2.10. The summed E-state index contributed by atoms with van der Waals surface area (Å²) in [5, 5.41) is 3.42. The Hall–Kier alpha value is -1.42. The van der Waals surface area contributed by atoms with Gasteiger partial charge in [-0.1, -0.05) is 0 Å². The fraction of sp³-hybridized carbons (Fsp3) is 0.538. The molecule has 1 fully saturated rings. The number of hydrogen-bond donors (Lipinski definition) is 1. The van der Waals surface area contributed by atoms with E-state index in [-0.39, 0.29) is 5.91 Å². The van der Waals surface area contributed by atoms with Crippen LogP contribution in [-0.2, 0) is 0 Å². The van der Waals surface area contributed by atoms with Crippen LogP contribution < -0.4 is 5.32 Å². The molecule has 0 radical (unpaired) electrons. The van der Waals surface area contributed by atoms with Crippen LogP contribution in [0.15, 0.2) is 18.5 Å². The number of nitrogens with one attached hydrogen (secondary N) is 1. The van der Waals surface area contributed by atoms with E-state index < -0.39 is 0 Å². The summed E-state index contributed by atoms with van der Waals surface area (Å²) in [6, 6.07) is 2.59. The van der Waals surface area contributed by atoms with Gasteiger partial charge < -0.3 is 10.2 Å². The highest BCUT2D eigenvalue weighted by molar-refractivity contribution is 5.94. The first-order valence-corrected chi connectivity index (χ1v) is 6.03. The molecule has 0 bridgehead atoms. The summed E-state index contributed by atoms with van der Waals surface area (Å²) in [4.78, 5) is 18.3. The molecule has 1 N–H and O–H groups in total. The van der Waals surface area contributed by atoms with Crippen molar-refractivity contribution in [2.24, 2.45) is 0 Å². The van der Waals surface area contributed by atoms with Gasteiger partial charge in [0.15, 0.2) is 0 Å². The number of carbonyl (C=O) groups is 1. The number of carbonyl (C=O) groups excluding carboxylic acids is 1. The van der Waals surface area contributed by atoms with E-state index in [1.165, 1.54) is 0 Å². The monoisotopic (exact) mass is 233 g/mol. The summed E-state index contributed by atoms with van der Waals surface area (Å²) in [5.74, 6) is 0.0846. The molecule has 1 amide bonds. The van der Waals surface area contributed by atoms with E-state index in [0.717, 1.165) is 18.7 Å². The van der Waals surface area contributed by atoms with Gasteiger partial charge in [0.1, 0.15) is 0 Å². The predicted molar refractivity (Wildman–Crippen MR) is 66.9 cm³/mol. The highest BCUT2D eigenvalue weighted by atomic mass is 16.2. The standard InChI is InChI=1S/C13H19N3O/c1-9-4-12(6-14-5-9)13(17)16-7-10(2)15-11(3)8-16/h4-6,10-11,15H,7-8H2,1-3H3. The van der Waals surface area contributed by atoms with Gasteiger partial charge in [-0.05, 0) is 32.4 Å². The highest BCUT2D eigenvalue weighted by Gasteiger charge is 2.25. The van der Waals surface area contributed by atoms with E-state index in [1.54, 1.807) is 12.4 Å². The Kier molecular flexibility index (Phi) is 3.43. The third-order valence-electron chi connectivity index (χ3n) is 2.97. The smallest absolute Gasteiger partial charge is 0.255 e. The topological polar surface area (TPSA) is 45.2 Å². The Morgan fingerprint density at radius 1 is 1.35 bits per heavy atom. The maximum atomic E-state index is 12.3. The summed E-state index contributed by atoms with van der Waals surface area (Å²) in [5.41, 5.74) is 1.71. The maximum Gasteiger partial charge on any atom is 0.255 e. The molecule has 1 aromatic heterocycles. The molecule has 0 aromatic carbocycles. The van der Waals surface area contributed by atoms with Gasteiger partial charge in [0, 0.05) is 37.6 Å². The number of pyridine rings is 1. The first-order valence-electron chi connectivity index (χ1n) is 6.03. The molecular weight excluding hydrogens is 214 g/mol. The molecule has 17 heavy (non-hydrogen) atoms. The van der Waals surface area contributed by atoms with Crippen LogP contribution in [0.3, 0.4) is 0 Å². The Morgan fingerprint density at radius 3 is 2.59 bits per heavy atom. The largest absolute Gasteiger partial charge is 0.335 e. The van der Waals surface area contributed by atoms with E-state index in [2.05, 4.69) is 24.1 Å². The van der Waals surface area contributed by atoms with E-state index >= 15 is 0 Å². The molecule has 4 nitrogen and oxygen atoms in total. The van der Waals surface area contributed by atoms with Gasteiger partial charge in [-0.25, -0.2) is 0 Å². The summed E-state index contributed by atoms with van der Waals surface area (Å²) in [6.07, 6.45) is 3.41. The van der Waals surface area contributed by atoms with Crippen molar-refractivity contribution in [1.82, 2.24) is 15.2 Å². The number of piperazine rings is 1. The average Bonchev–Trinajstić information content (AvgIpc) is 2.26. The van der Waals surface area contributed by atoms with Crippen molar-refractivity contribution >= 4 is 5.91 Å². The zero-order chi connectivity index (χ0) is 12.4. The van der Waals surface area contributed by atoms with Gasteiger partial charge in [0.05, 0.1) is 5.56 Å². The lowest BCUT2D eigenvalue weighted by molar-refractivity contribution is 0.0673. The molecule has 1 aliphatic rings. The van der Waals surface area contributed by atoms with E-state index in [1.807, 2.05) is 17.9 Å². The minimum absolute atomic E-state index is 0.0846. The third-order valence-corrected chi connectivity index (χ3v) is 2.97. The van der Waals surface area contributed by atoms with Crippen LogP contribution in [0.4, 0.5) is 0 Å². The van der Waals surface area contributed by atoms with Crippen LogP contribution in [0.2, 0.25) is 0 Å². The zero-order valence-corrected chi connectivity index (χ0v) is 10.6. The Bertz CT molecular complexity index is 409. The second kappa shape index (κ2) is 4.84. The van der Waals surface area contributed by atoms with Crippen molar-refractivity contribution < 1.29 is 4.79 Å². The molecule has 0 aliphatic carbocycles. The molecule has 1 saturated heterocycles. The van der Waals surface area contributed by atoms with Crippen molar-refractivity contribution in [3.63, 3.8) is 0 Å². The Labute approximate surface area is 102 Å². The van der Waals surface area contributed by atoms with Crippen LogP contribution in [0.25, 0.3) is 0 Å². The summed E-state index contributed by atoms with van der Waals surface area (Å²) in [6.45, 7) is 7.68. The lowest BCUT2D eigenvalue weighted by Crippen LogP contribution is -2.55. The van der Waals surface area contributed by atoms with E-state index in [0.29, 0.717) is 17.6 Å². The number of amides is 1. The molecule has 1 aliphatic heterocycles. The number of hydrogen-bond acceptors (Lipinski definition) is 3. The molecule has 0 spiro atoms. The quantitative estimate of drug-likeness (QED) is 0.793. The molecule has 1 aromatic rings. The van der Waals surface area contributed by atoms with Gasteiger partial charge in [0.25, 0.3) is 5.91 Å². The molecule has 2 atom stereocenters. The molecule has 2 unspecified atom stereocenters. The normalized spacial score (nSPS) is 24.8. The number of aromatic nitrogens is 1. The lowest BCUT2D eigenvalue weighted by atomic mass is 10.1. The molecule has 92 valence electrons. The van der Waals surface area contributed by atoms with Gasteiger partial charge in [-0.3, -0.25) is 9.78 Å². The second-order valence-electron chi connectivity index (χ2n) is 4.93. The minimum atomic E-state index is 0.0846. The van der Waals surface area contributed by atoms with Crippen molar-refractivity contribution in [3.05, 3.63) is 29.6 Å². The predicted octanol–water partition coefficient (Wildman–Crippen LogP) is 1.21. The van der Waals surface area contributed by atoms with Crippen molar-refractivity contribution in [1.29, 1.82) is 0 Å². The van der Waals surface area contributed by atoms with Crippen molar-refractivity contribution in [2.45, 2.75) is 32.9 Å². The molecule has 2 heterocycles. The van der Waals surface area contributed by atoms with E-state index in [4.69, 9.17) is 0 Å². The minimum Gasteiger partial charge on any atom is -0.335 e. The van der Waals surface area contributed by atoms with Crippen LogP contribution in [0, 0.1) is 6.92 Å². The van der Waals surface area contributed by atoms with Gasteiger partial charge in [-0.15, -0.1) is 0 Å². The average molecular weight is 233 g/mol. The van der Waals surface area contributed by atoms with Crippen LogP contribution in [-0.4, -0.2) is 41.0 Å². The fourth-order valence-corrected chi connectivity index (χ4v) is 2.35. The first kappa shape index (κ1) is 12.0. The molecule has 4 heteroatoms. The number of rotatable bonds is 1. The van der Waals surface area contributed by atoms with Crippen molar-refractivity contribution in [2.75, 3.05) is 13.1 Å².